The fourth-order valence-electron chi connectivity index (χ4n) is 1.54. The molecule has 1 atom stereocenters. The third-order valence-electron chi connectivity index (χ3n) is 2.31. The van der Waals surface area contributed by atoms with E-state index in [1.807, 2.05) is 0 Å². The summed E-state index contributed by atoms with van der Waals surface area (Å²) in [6.07, 6.45) is 0. The van der Waals surface area contributed by atoms with Gasteiger partial charge in [-0.15, -0.1) is 0 Å². The van der Waals surface area contributed by atoms with Gasteiger partial charge >= 0.3 is 12.4 Å². The van der Waals surface area contributed by atoms with Crippen LogP contribution in [0.4, 0.5) is 0 Å². The van der Waals surface area contributed by atoms with E-state index < -0.39 is 11.9 Å². The van der Waals surface area contributed by atoms with Crippen molar-refractivity contribution in [3.8, 4) is 0 Å². The molecule has 0 amide bonds. The molecule has 0 saturated heterocycles. The molecular weight excluding hydrogens is 208 g/mol. The number of benzene rings is 1. The first-order valence-electron chi connectivity index (χ1n) is 4.78. The van der Waals surface area contributed by atoms with Crippen LogP contribution < -0.4 is 0 Å². The van der Waals surface area contributed by atoms with Gasteiger partial charge in [0.25, 0.3) is 0 Å². The minimum Gasteiger partial charge on any atom is -0.395 e. The van der Waals surface area contributed by atoms with Crippen LogP contribution in [0, 0.1) is 6.92 Å². The third kappa shape index (κ3) is 2.53. The Labute approximate surface area is 93.2 Å². The van der Waals surface area contributed by atoms with Crippen molar-refractivity contribution in [1.29, 1.82) is 0 Å². The molecule has 0 N–H and O–H groups in total. The van der Waals surface area contributed by atoms with Crippen LogP contribution in [0.2, 0.25) is 0 Å². The molecule has 0 aliphatic rings. The number of hydrogen-bond donors (Lipinski definition) is 0. The second kappa shape index (κ2) is 5.21. The van der Waals surface area contributed by atoms with Gasteiger partial charge in [-0.25, -0.2) is 0 Å². The van der Waals surface area contributed by atoms with Crippen molar-refractivity contribution in [2.45, 2.75) is 19.8 Å². The highest BCUT2D eigenvalue weighted by atomic mass is 16.6. The maximum absolute atomic E-state index is 11.5. The molecule has 0 bridgehead atoms. The quantitative estimate of drug-likeness (QED) is 0.437. The molecule has 1 unspecified atom stereocenters. The van der Waals surface area contributed by atoms with Crippen molar-refractivity contribution < 1.29 is 19.1 Å². The average Bonchev–Trinajstić information content (AvgIpc) is 2.21. The molecule has 0 radical (unpaired) electrons. The van der Waals surface area contributed by atoms with Crippen molar-refractivity contribution in [2.24, 2.45) is 0 Å². The van der Waals surface area contributed by atoms with Gasteiger partial charge in [-0.05, 0) is 25.0 Å². The van der Waals surface area contributed by atoms with Crippen LogP contribution in [0.25, 0.3) is 0 Å². The Hall–Kier alpha value is -1.97. The van der Waals surface area contributed by atoms with Crippen molar-refractivity contribution in [3.05, 3.63) is 35.4 Å². The van der Waals surface area contributed by atoms with Gasteiger partial charge in [0, 0.05) is 0 Å². The number of ketones is 1. The van der Waals surface area contributed by atoms with Gasteiger partial charge in [0.15, 0.2) is 0 Å². The highest BCUT2D eigenvalue weighted by Crippen LogP contribution is 2.21. The lowest BCUT2D eigenvalue weighted by Gasteiger charge is -2.13. The molecule has 0 aliphatic heterocycles. The predicted molar refractivity (Wildman–Crippen MR) is 56.8 cm³/mol. The summed E-state index contributed by atoms with van der Waals surface area (Å²) in [4.78, 5) is 33.0. The van der Waals surface area contributed by atoms with Crippen molar-refractivity contribution in [2.75, 3.05) is 0 Å². The predicted octanol–water partition coefficient (Wildman–Crippen LogP) is 1.37. The Morgan fingerprint density at radius 2 is 1.94 bits per heavy atom. The third-order valence-corrected chi connectivity index (χ3v) is 2.31. The number of esters is 1. The summed E-state index contributed by atoms with van der Waals surface area (Å²) in [6, 6.07) is 7.00. The number of carbonyl (C=O) groups excluding carboxylic acids is 3. The van der Waals surface area contributed by atoms with Crippen LogP contribution in [0.5, 0.6) is 0 Å². The molecule has 0 aliphatic carbocycles. The van der Waals surface area contributed by atoms with Gasteiger partial charge in [-0.2, -0.15) is 0 Å². The summed E-state index contributed by atoms with van der Waals surface area (Å²) in [5, 5.41) is 0. The first kappa shape index (κ1) is 12.1. The zero-order valence-corrected chi connectivity index (χ0v) is 9.10. The SMILES string of the molecule is CC(=O)C(C(=O)OC=O)c1ccccc1C. The molecule has 0 heterocycles. The van der Waals surface area contributed by atoms with Crippen LogP contribution >= 0.6 is 0 Å². The Bertz CT molecular complexity index is 423. The largest absolute Gasteiger partial charge is 0.395 e. The standard InChI is InChI=1S/C12H12O4/c1-8-5-3-4-6-10(8)11(9(2)14)12(15)16-7-13/h3-7,11H,1-2H3. The van der Waals surface area contributed by atoms with Gasteiger partial charge in [0.1, 0.15) is 11.7 Å². The smallest absolute Gasteiger partial charge is 0.328 e. The highest BCUT2D eigenvalue weighted by molar-refractivity contribution is 6.05. The highest BCUT2D eigenvalue weighted by Gasteiger charge is 2.28. The van der Waals surface area contributed by atoms with Gasteiger partial charge in [-0.1, -0.05) is 24.3 Å². The zero-order chi connectivity index (χ0) is 12.1. The minimum atomic E-state index is -1.02. The number of carbonyl (C=O) groups is 3. The molecule has 0 fully saturated rings. The summed E-state index contributed by atoms with van der Waals surface area (Å²) in [5.41, 5.74) is 1.38. The van der Waals surface area contributed by atoms with Crippen LogP contribution in [0.15, 0.2) is 24.3 Å². The molecule has 84 valence electrons. The molecule has 1 rings (SSSR count). The first-order chi connectivity index (χ1) is 7.57. The van der Waals surface area contributed by atoms with Gasteiger partial charge in [0.2, 0.25) is 0 Å². The topological polar surface area (TPSA) is 60.4 Å². The van der Waals surface area contributed by atoms with E-state index in [1.54, 1.807) is 31.2 Å². The zero-order valence-electron chi connectivity index (χ0n) is 9.10. The fraction of sp³-hybridized carbons (Fsp3) is 0.250. The summed E-state index contributed by atoms with van der Waals surface area (Å²) >= 11 is 0. The van der Waals surface area contributed by atoms with E-state index in [2.05, 4.69) is 4.74 Å². The normalized spacial score (nSPS) is 11.6. The average molecular weight is 220 g/mol. The lowest BCUT2D eigenvalue weighted by atomic mass is 9.92. The lowest BCUT2D eigenvalue weighted by molar-refractivity contribution is -0.153. The Balaban J connectivity index is 3.13. The Morgan fingerprint density at radius 3 is 2.44 bits per heavy atom. The number of aryl methyl sites for hydroxylation is 1. The fourth-order valence-corrected chi connectivity index (χ4v) is 1.54. The molecule has 0 aromatic heterocycles. The monoisotopic (exact) mass is 220 g/mol. The van der Waals surface area contributed by atoms with Gasteiger partial charge < -0.3 is 4.74 Å². The van der Waals surface area contributed by atoms with E-state index in [0.717, 1.165) is 5.56 Å². The molecular formula is C12H12O4. The number of ether oxygens (including phenoxy) is 1. The van der Waals surface area contributed by atoms with E-state index >= 15 is 0 Å². The van der Waals surface area contributed by atoms with Crippen molar-refractivity contribution in [3.63, 3.8) is 0 Å². The lowest BCUT2D eigenvalue weighted by Crippen LogP contribution is -2.22. The summed E-state index contributed by atoms with van der Waals surface area (Å²) in [7, 11) is 0. The van der Waals surface area contributed by atoms with E-state index in [4.69, 9.17) is 0 Å². The maximum atomic E-state index is 11.5. The maximum Gasteiger partial charge on any atom is 0.328 e. The number of rotatable bonds is 4. The molecule has 4 nitrogen and oxygen atoms in total. The Morgan fingerprint density at radius 1 is 1.31 bits per heavy atom. The van der Waals surface area contributed by atoms with E-state index in [9.17, 15) is 14.4 Å². The van der Waals surface area contributed by atoms with Gasteiger partial charge in [-0.3, -0.25) is 14.4 Å². The second-order valence-electron chi connectivity index (χ2n) is 3.43. The van der Waals surface area contributed by atoms with Crippen molar-refractivity contribution >= 4 is 18.2 Å². The molecule has 4 heteroatoms. The summed E-state index contributed by atoms with van der Waals surface area (Å²) in [5.74, 6) is -2.20. The molecule has 16 heavy (non-hydrogen) atoms. The summed E-state index contributed by atoms with van der Waals surface area (Å²) < 4.78 is 4.23. The summed E-state index contributed by atoms with van der Waals surface area (Å²) in [6.45, 7) is 3.12. The molecule has 1 aromatic rings. The Kier molecular flexibility index (Phi) is 3.94. The van der Waals surface area contributed by atoms with Crippen molar-refractivity contribution in [1.82, 2.24) is 0 Å². The van der Waals surface area contributed by atoms with E-state index in [0.29, 0.717) is 5.56 Å². The van der Waals surface area contributed by atoms with Crippen LogP contribution in [-0.2, 0) is 19.1 Å². The first-order valence-corrected chi connectivity index (χ1v) is 4.78. The van der Waals surface area contributed by atoms with E-state index in [-0.39, 0.29) is 12.3 Å². The van der Waals surface area contributed by atoms with Crippen LogP contribution in [-0.4, -0.2) is 18.2 Å². The second-order valence-corrected chi connectivity index (χ2v) is 3.43. The molecule has 1 aromatic carbocycles. The van der Waals surface area contributed by atoms with Gasteiger partial charge in [0.05, 0.1) is 0 Å². The minimum absolute atomic E-state index is 0.0382. The van der Waals surface area contributed by atoms with Crippen LogP contribution in [0.3, 0.4) is 0 Å². The van der Waals surface area contributed by atoms with Crippen LogP contribution in [0.1, 0.15) is 24.0 Å². The number of hydrogen-bond acceptors (Lipinski definition) is 4. The number of Topliss-reactive ketones (excluding diaryl/α,β-unsaturated/α-hetero) is 1. The van der Waals surface area contributed by atoms with E-state index in [1.165, 1.54) is 6.92 Å². The molecule has 0 saturated carbocycles. The molecule has 0 spiro atoms.